The summed E-state index contributed by atoms with van der Waals surface area (Å²) in [6.07, 6.45) is 3.39. The molecule has 0 aliphatic rings. The third-order valence-corrected chi connectivity index (χ3v) is 7.33. The van der Waals surface area contributed by atoms with Gasteiger partial charge >= 0.3 is 0 Å². The maximum Gasteiger partial charge on any atom is 0.287 e. The average molecular weight is 499 g/mol. The number of thioether (sulfide) groups is 1. The van der Waals surface area contributed by atoms with E-state index in [1.807, 2.05) is 60.7 Å². The number of amides is 1. The fraction of sp³-hybridized carbons (Fsp3) is 0.0769. The highest BCUT2D eigenvalue weighted by Crippen LogP contribution is 2.32. The molecule has 0 unspecified atom stereocenters. The first-order valence-electron chi connectivity index (χ1n) is 10.9. The lowest BCUT2D eigenvalue weighted by atomic mass is 10.1. The molecule has 0 saturated carbocycles. The van der Waals surface area contributed by atoms with Gasteiger partial charge in [0.05, 0.1) is 16.8 Å². The Kier molecular flexibility index (Phi) is 5.77. The summed E-state index contributed by atoms with van der Waals surface area (Å²) in [7, 11) is 0. The van der Waals surface area contributed by atoms with Gasteiger partial charge in [0.15, 0.2) is 21.7 Å². The van der Waals surface area contributed by atoms with E-state index in [-0.39, 0.29) is 18.2 Å². The molecule has 7 nitrogen and oxygen atoms in total. The molecular weight excluding hydrogens is 480 g/mol. The molecule has 1 N–H and O–H groups in total. The first-order chi connectivity index (χ1) is 17.2. The van der Waals surface area contributed by atoms with E-state index in [0.717, 1.165) is 26.2 Å². The summed E-state index contributed by atoms with van der Waals surface area (Å²) < 4.78 is 13.0. The zero-order valence-corrected chi connectivity index (χ0v) is 19.9. The number of para-hydroxylation sites is 2. The van der Waals surface area contributed by atoms with Crippen molar-refractivity contribution >= 4 is 50.2 Å². The van der Waals surface area contributed by atoms with Crippen molar-refractivity contribution in [2.24, 2.45) is 0 Å². The molecule has 0 bridgehead atoms. The molecule has 0 saturated heterocycles. The number of hydrogen-bond donors (Lipinski definition) is 1. The molecule has 4 aromatic heterocycles. The quantitative estimate of drug-likeness (QED) is 0.203. The van der Waals surface area contributed by atoms with Crippen molar-refractivity contribution in [2.45, 2.75) is 17.5 Å². The Morgan fingerprint density at radius 2 is 1.77 bits per heavy atom. The van der Waals surface area contributed by atoms with Gasteiger partial charge in [0.25, 0.3) is 5.91 Å². The van der Waals surface area contributed by atoms with Crippen molar-refractivity contribution in [1.29, 1.82) is 0 Å². The number of carbonyl (C=O) groups excluding carboxylic acids is 1. The van der Waals surface area contributed by atoms with E-state index >= 15 is 0 Å². The van der Waals surface area contributed by atoms with E-state index in [2.05, 4.69) is 20.3 Å². The molecule has 1 amide bonds. The molecular formula is C26H18N4O3S2. The van der Waals surface area contributed by atoms with E-state index in [4.69, 9.17) is 8.83 Å². The Hall–Kier alpha value is -3.95. The molecule has 6 aromatic rings. The third-order valence-electron chi connectivity index (χ3n) is 5.38. The molecule has 0 aliphatic carbocycles. The molecule has 0 aliphatic heterocycles. The summed E-state index contributed by atoms with van der Waals surface area (Å²) in [5.74, 6) is 1.81. The number of hydrogen-bond acceptors (Lipinski definition) is 8. The number of rotatable bonds is 7. The summed E-state index contributed by atoms with van der Waals surface area (Å²) in [6.45, 7) is 0.231. The SMILES string of the molecule is O=C(NCc1ccc(-c2nc3ccccc3s2)o1)c1oc2ccccc2c1CSc1ncccn1. The van der Waals surface area contributed by atoms with Crippen LogP contribution in [0.5, 0.6) is 0 Å². The predicted molar refractivity (Wildman–Crippen MR) is 136 cm³/mol. The lowest BCUT2D eigenvalue weighted by molar-refractivity contribution is 0.0921. The van der Waals surface area contributed by atoms with Gasteiger partial charge in [0, 0.05) is 29.1 Å². The Morgan fingerprint density at radius 1 is 0.943 bits per heavy atom. The van der Waals surface area contributed by atoms with Crippen molar-refractivity contribution in [2.75, 3.05) is 0 Å². The Bertz CT molecular complexity index is 1610. The van der Waals surface area contributed by atoms with Crippen molar-refractivity contribution in [3.8, 4) is 10.8 Å². The number of nitrogens with zero attached hydrogens (tertiary/aromatic N) is 3. The summed E-state index contributed by atoms with van der Waals surface area (Å²) in [5.41, 5.74) is 2.42. The molecule has 0 spiro atoms. The second-order valence-electron chi connectivity index (χ2n) is 7.66. The molecule has 172 valence electrons. The zero-order chi connectivity index (χ0) is 23.6. The fourth-order valence-electron chi connectivity index (χ4n) is 3.74. The van der Waals surface area contributed by atoms with E-state index in [1.165, 1.54) is 11.8 Å². The number of furan rings is 2. The van der Waals surface area contributed by atoms with Crippen molar-refractivity contribution in [1.82, 2.24) is 20.3 Å². The molecule has 0 fully saturated rings. The van der Waals surface area contributed by atoms with Crippen LogP contribution in [-0.2, 0) is 12.3 Å². The van der Waals surface area contributed by atoms with Gasteiger partial charge in [0.1, 0.15) is 11.3 Å². The lowest BCUT2D eigenvalue weighted by Crippen LogP contribution is -2.23. The Balaban J connectivity index is 1.20. The predicted octanol–water partition coefficient (Wildman–Crippen LogP) is 6.31. The van der Waals surface area contributed by atoms with Gasteiger partial charge in [-0.15, -0.1) is 11.3 Å². The monoisotopic (exact) mass is 498 g/mol. The van der Waals surface area contributed by atoms with Gasteiger partial charge in [0.2, 0.25) is 0 Å². The van der Waals surface area contributed by atoms with E-state index in [1.54, 1.807) is 29.8 Å². The van der Waals surface area contributed by atoms with Crippen LogP contribution in [0.15, 0.2) is 93.1 Å². The molecule has 0 atom stereocenters. The largest absolute Gasteiger partial charge is 0.457 e. The minimum absolute atomic E-state index is 0.231. The normalized spacial score (nSPS) is 11.3. The summed E-state index contributed by atoms with van der Waals surface area (Å²) >= 11 is 3.03. The lowest BCUT2D eigenvalue weighted by Gasteiger charge is -2.04. The standard InChI is InChI=1S/C26H18N4O3S2/c31-24(29-14-16-10-11-21(32-16)25-30-19-7-2-4-9-22(19)35-25)23-18(15-34-26-27-12-5-13-28-26)17-6-1-3-8-20(17)33-23/h1-13H,14-15H2,(H,29,31). The number of carbonyl (C=O) groups is 1. The number of benzene rings is 2. The van der Waals surface area contributed by atoms with Gasteiger partial charge in [-0.1, -0.05) is 42.1 Å². The van der Waals surface area contributed by atoms with E-state index in [0.29, 0.717) is 28.0 Å². The van der Waals surface area contributed by atoms with Crippen LogP contribution in [0.25, 0.3) is 32.0 Å². The summed E-state index contributed by atoms with van der Waals surface area (Å²) in [5, 5.41) is 5.27. The van der Waals surface area contributed by atoms with Crippen LogP contribution in [0.2, 0.25) is 0 Å². The highest BCUT2D eigenvalue weighted by atomic mass is 32.2. The first kappa shape index (κ1) is 21.6. The summed E-state index contributed by atoms with van der Waals surface area (Å²) in [4.78, 5) is 26.3. The molecule has 0 radical (unpaired) electrons. The van der Waals surface area contributed by atoms with Crippen LogP contribution in [-0.4, -0.2) is 20.9 Å². The van der Waals surface area contributed by atoms with E-state index < -0.39 is 0 Å². The maximum atomic E-state index is 13.1. The van der Waals surface area contributed by atoms with Crippen LogP contribution in [0.4, 0.5) is 0 Å². The highest BCUT2D eigenvalue weighted by Gasteiger charge is 2.21. The van der Waals surface area contributed by atoms with Crippen LogP contribution in [0, 0.1) is 0 Å². The second kappa shape index (κ2) is 9.36. The van der Waals surface area contributed by atoms with Crippen LogP contribution in [0.1, 0.15) is 21.9 Å². The zero-order valence-electron chi connectivity index (χ0n) is 18.3. The Morgan fingerprint density at radius 3 is 2.66 bits per heavy atom. The van der Waals surface area contributed by atoms with Crippen LogP contribution in [0.3, 0.4) is 0 Å². The smallest absolute Gasteiger partial charge is 0.287 e. The number of thiazole rings is 1. The third kappa shape index (κ3) is 4.43. The van der Waals surface area contributed by atoms with Gasteiger partial charge < -0.3 is 14.2 Å². The molecule has 9 heteroatoms. The van der Waals surface area contributed by atoms with Crippen LogP contribution < -0.4 is 5.32 Å². The molecule has 35 heavy (non-hydrogen) atoms. The second-order valence-corrected chi connectivity index (χ2v) is 9.63. The molecule has 6 rings (SSSR count). The van der Waals surface area contributed by atoms with Gasteiger partial charge in [-0.3, -0.25) is 4.79 Å². The minimum Gasteiger partial charge on any atom is -0.457 e. The van der Waals surface area contributed by atoms with Gasteiger partial charge in [-0.2, -0.15) is 0 Å². The first-order valence-corrected chi connectivity index (χ1v) is 12.7. The van der Waals surface area contributed by atoms with Gasteiger partial charge in [-0.05, 0) is 36.4 Å². The van der Waals surface area contributed by atoms with Crippen LogP contribution >= 0.6 is 23.1 Å². The summed E-state index contributed by atoms with van der Waals surface area (Å²) in [6, 6.07) is 21.1. The van der Waals surface area contributed by atoms with Crippen molar-refractivity contribution in [3.63, 3.8) is 0 Å². The number of aromatic nitrogens is 3. The highest BCUT2D eigenvalue weighted by molar-refractivity contribution is 7.98. The molecule has 4 heterocycles. The Labute approximate surface area is 208 Å². The fourth-order valence-corrected chi connectivity index (χ4v) is 5.49. The van der Waals surface area contributed by atoms with Gasteiger partial charge in [-0.25, -0.2) is 15.0 Å². The average Bonchev–Trinajstić information content (AvgIpc) is 3.63. The topological polar surface area (TPSA) is 94.1 Å². The minimum atomic E-state index is -0.302. The van der Waals surface area contributed by atoms with E-state index in [9.17, 15) is 4.79 Å². The number of fused-ring (bicyclic) bond motifs is 2. The van der Waals surface area contributed by atoms with Crippen molar-refractivity contribution in [3.05, 3.63) is 96.2 Å². The maximum absolute atomic E-state index is 13.1. The molecule has 2 aromatic carbocycles. The van der Waals surface area contributed by atoms with Crippen molar-refractivity contribution < 1.29 is 13.6 Å². The number of nitrogens with one attached hydrogen (secondary N) is 1.